The third kappa shape index (κ3) is 4.70. The predicted molar refractivity (Wildman–Crippen MR) is 81.2 cm³/mol. The summed E-state index contributed by atoms with van der Waals surface area (Å²) in [6.07, 6.45) is 0.624. The van der Waals surface area contributed by atoms with Gasteiger partial charge in [-0.25, -0.2) is 8.78 Å². The summed E-state index contributed by atoms with van der Waals surface area (Å²) in [6, 6.07) is 10.0. The van der Waals surface area contributed by atoms with Crippen LogP contribution in [0, 0.1) is 11.6 Å². The summed E-state index contributed by atoms with van der Waals surface area (Å²) in [5.41, 5.74) is 0.0527. The fourth-order valence-electron chi connectivity index (χ4n) is 1.77. The highest BCUT2D eigenvalue weighted by molar-refractivity contribution is 6.31. The van der Waals surface area contributed by atoms with Crippen LogP contribution in [0.5, 0.6) is 5.75 Å². The lowest BCUT2D eigenvalue weighted by molar-refractivity contribution is -0.116. The number of carbonyl (C=O) groups is 1. The zero-order chi connectivity index (χ0) is 15.9. The van der Waals surface area contributed by atoms with Crippen molar-refractivity contribution < 1.29 is 18.3 Å². The molecule has 1 N–H and O–H groups in total. The van der Waals surface area contributed by atoms with E-state index in [1.165, 1.54) is 36.4 Å². The Morgan fingerprint density at radius 2 is 1.86 bits per heavy atom. The van der Waals surface area contributed by atoms with Crippen LogP contribution in [0.25, 0.3) is 0 Å². The molecule has 0 atom stereocenters. The number of ether oxygens (including phenoxy) is 1. The van der Waals surface area contributed by atoms with Gasteiger partial charge >= 0.3 is 0 Å². The van der Waals surface area contributed by atoms with E-state index in [1.807, 2.05) is 0 Å². The van der Waals surface area contributed by atoms with Gasteiger partial charge in [0, 0.05) is 6.42 Å². The molecule has 2 aromatic carbocycles. The summed E-state index contributed by atoms with van der Waals surface area (Å²) in [7, 11) is 0. The van der Waals surface area contributed by atoms with Gasteiger partial charge in [0.25, 0.3) is 0 Å². The second-order valence-electron chi connectivity index (χ2n) is 4.56. The van der Waals surface area contributed by atoms with E-state index >= 15 is 0 Å². The number of benzene rings is 2. The lowest BCUT2D eigenvalue weighted by Gasteiger charge is -2.08. The molecule has 6 heteroatoms. The zero-order valence-electron chi connectivity index (χ0n) is 11.6. The SMILES string of the molecule is O=C(CCCOc1ccc(F)cc1)Nc1cccc(Cl)c1F. The van der Waals surface area contributed by atoms with Gasteiger partial charge in [0.15, 0.2) is 5.82 Å². The first kappa shape index (κ1) is 16.2. The van der Waals surface area contributed by atoms with Gasteiger partial charge in [0.2, 0.25) is 5.91 Å². The van der Waals surface area contributed by atoms with Crippen molar-refractivity contribution in [1.29, 1.82) is 0 Å². The molecule has 0 aliphatic carbocycles. The van der Waals surface area contributed by atoms with Crippen LogP contribution < -0.4 is 10.1 Å². The second-order valence-corrected chi connectivity index (χ2v) is 4.96. The molecule has 0 saturated heterocycles. The number of amides is 1. The third-order valence-electron chi connectivity index (χ3n) is 2.86. The maximum atomic E-state index is 13.6. The Balaban J connectivity index is 1.74. The maximum absolute atomic E-state index is 13.6. The van der Waals surface area contributed by atoms with Crippen molar-refractivity contribution in [2.45, 2.75) is 12.8 Å². The normalized spacial score (nSPS) is 10.3. The zero-order valence-corrected chi connectivity index (χ0v) is 12.4. The summed E-state index contributed by atoms with van der Waals surface area (Å²) < 4.78 is 31.7. The molecule has 22 heavy (non-hydrogen) atoms. The predicted octanol–water partition coefficient (Wildman–Crippen LogP) is 4.42. The molecule has 0 fully saturated rings. The average molecular weight is 326 g/mol. The Morgan fingerprint density at radius 1 is 1.14 bits per heavy atom. The first-order valence-corrected chi connectivity index (χ1v) is 7.06. The summed E-state index contributed by atoms with van der Waals surface area (Å²) in [6.45, 7) is 0.303. The molecular formula is C16H14ClF2NO2. The molecule has 0 aliphatic rings. The Labute approximate surface area is 131 Å². The van der Waals surface area contributed by atoms with E-state index in [0.29, 0.717) is 18.8 Å². The van der Waals surface area contributed by atoms with Crippen LogP contribution in [0.15, 0.2) is 42.5 Å². The number of carbonyl (C=O) groups excluding carboxylic acids is 1. The van der Waals surface area contributed by atoms with Crippen molar-refractivity contribution in [2.24, 2.45) is 0 Å². The van der Waals surface area contributed by atoms with Crippen molar-refractivity contribution >= 4 is 23.2 Å². The quantitative estimate of drug-likeness (QED) is 0.799. The van der Waals surface area contributed by atoms with Crippen molar-refractivity contribution in [2.75, 3.05) is 11.9 Å². The largest absolute Gasteiger partial charge is 0.494 e. The highest BCUT2D eigenvalue weighted by Gasteiger charge is 2.09. The molecule has 116 valence electrons. The van der Waals surface area contributed by atoms with Gasteiger partial charge in [-0.15, -0.1) is 0 Å². The molecule has 0 aromatic heterocycles. The van der Waals surface area contributed by atoms with Crippen LogP contribution in [-0.2, 0) is 4.79 Å². The first-order valence-electron chi connectivity index (χ1n) is 6.68. The molecule has 2 aromatic rings. The van der Waals surface area contributed by atoms with E-state index in [2.05, 4.69) is 5.32 Å². The van der Waals surface area contributed by atoms with E-state index in [1.54, 1.807) is 6.07 Å². The van der Waals surface area contributed by atoms with Crippen LogP contribution in [0.4, 0.5) is 14.5 Å². The van der Waals surface area contributed by atoms with Crippen molar-refractivity contribution in [3.8, 4) is 5.75 Å². The topological polar surface area (TPSA) is 38.3 Å². The Kier molecular flexibility index (Phi) is 5.72. The van der Waals surface area contributed by atoms with Crippen molar-refractivity contribution in [3.05, 3.63) is 59.1 Å². The Hall–Kier alpha value is -2.14. The minimum absolute atomic E-state index is 0.0440. The molecule has 0 bridgehead atoms. The lowest BCUT2D eigenvalue weighted by Crippen LogP contribution is -2.13. The lowest BCUT2D eigenvalue weighted by atomic mass is 10.2. The van der Waals surface area contributed by atoms with Crippen LogP contribution in [0.1, 0.15) is 12.8 Å². The molecule has 0 saturated carbocycles. The molecule has 0 unspecified atom stereocenters. The number of hydrogen-bond acceptors (Lipinski definition) is 2. The third-order valence-corrected chi connectivity index (χ3v) is 3.15. The summed E-state index contributed by atoms with van der Waals surface area (Å²) >= 11 is 5.63. The Morgan fingerprint density at radius 3 is 2.59 bits per heavy atom. The van der Waals surface area contributed by atoms with Crippen molar-refractivity contribution in [3.63, 3.8) is 0 Å². The average Bonchev–Trinajstić information content (AvgIpc) is 2.50. The molecule has 0 aliphatic heterocycles. The van der Waals surface area contributed by atoms with Gasteiger partial charge in [-0.3, -0.25) is 4.79 Å². The highest BCUT2D eigenvalue weighted by atomic mass is 35.5. The summed E-state index contributed by atoms with van der Waals surface area (Å²) in [5, 5.41) is 2.41. The van der Waals surface area contributed by atoms with Crippen molar-refractivity contribution in [1.82, 2.24) is 0 Å². The molecule has 0 radical (unpaired) electrons. The summed E-state index contributed by atoms with van der Waals surface area (Å²) in [4.78, 5) is 11.7. The molecular weight excluding hydrogens is 312 g/mol. The van der Waals surface area contributed by atoms with E-state index in [-0.39, 0.29) is 28.9 Å². The molecule has 2 rings (SSSR count). The molecule has 1 amide bonds. The smallest absolute Gasteiger partial charge is 0.224 e. The number of anilines is 1. The maximum Gasteiger partial charge on any atom is 0.224 e. The minimum atomic E-state index is -0.653. The van der Waals surface area contributed by atoms with E-state index < -0.39 is 5.82 Å². The fraction of sp³-hybridized carbons (Fsp3) is 0.188. The fourth-order valence-corrected chi connectivity index (χ4v) is 1.94. The first-order chi connectivity index (χ1) is 10.6. The molecule has 0 heterocycles. The van der Waals surface area contributed by atoms with Gasteiger partial charge in [-0.2, -0.15) is 0 Å². The van der Waals surface area contributed by atoms with Crippen LogP contribution in [-0.4, -0.2) is 12.5 Å². The monoisotopic (exact) mass is 325 g/mol. The Bertz CT molecular complexity index is 647. The molecule has 3 nitrogen and oxygen atoms in total. The number of rotatable bonds is 6. The van der Waals surface area contributed by atoms with Gasteiger partial charge in [-0.05, 0) is 42.8 Å². The van der Waals surface area contributed by atoms with Gasteiger partial charge in [0.05, 0.1) is 17.3 Å². The van der Waals surface area contributed by atoms with Gasteiger partial charge in [0.1, 0.15) is 11.6 Å². The van der Waals surface area contributed by atoms with E-state index in [9.17, 15) is 13.6 Å². The number of nitrogens with one attached hydrogen (secondary N) is 1. The second kappa shape index (κ2) is 7.75. The number of hydrogen-bond donors (Lipinski definition) is 1. The van der Waals surface area contributed by atoms with E-state index in [4.69, 9.17) is 16.3 Å². The minimum Gasteiger partial charge on any atom is -0.494 e. The van der Waals surface area contributed by atoms with Crippen LogP contribution in [0.2, 0.25) is 5.02 Å². The van der Waals surface area contributed by atoms with Gasteiger partial charge < -0.3 is 10.1 Å². The molecule has 0 spiro atoms. The van der Waals surface area contributed by atoms with E-state index in [0.717, 1.165) is 0 Å². The van der Waals surface area contributed by atoms with Crippen LogP contribution in [0.3, 0.4) is 0 Å². The number of halogens is 3. The van der Waals surface area contributed by atoms with Crippen LogP contribution >= 0.6 is 11.6 Å². The van der Waals surface area contributed by atoms with Gasteiger partial charge in [-0.1, -0.05) is 17.7 Å². The highest BCUT2D eigenvalue weighted by Crippen LogP contribution is 2.22. The standard InChI is InChI=1S/C16H14ClF2NO2/c17-13-3-1-4-14(16(13)19)20-15(21)5-2-10-22-12-8-6-11(18)7-9-12/h1,3-4,6-9H,2,5,10H2,(H,20,21). The summed E-state index contributed by atoms with van der Waals surface area (Å²) in [5.74, 6) is -0.790.